The lowest BCUT2D eigenvalue weighted by Crippen LogP contribution is -1.82. The predicted octanol–water partition coefficient (Wildman–Crippen LogP) is 7.76. The van der Waals surface area contributed by atoms with Gasteiger partial charge in [0.25, 0.3) is 0 Å². The molecule has 0 amide bonds. The van der Waals surface area contributed by atoms with Gasteiger partial charge >= 0.3 is 0 Å². The molecule has 0 aliphatic carbocycles. The van der Waals surface area contributed by atoms with E-state index < -0.39 is 0 Å². The maximum Gasteiger partial charge on any atom is 0.0575 e. The summed E-state index contributed by atoms with van der Waals surface area (Å²) in [4.78, 5) is 1.28. The number of benzene rings is 2. The summed E-state index contributed by atoms with van der Waals surface area (Å²) >= 11 is 37.5. The van der Waals surface area contributed by atoms with Gasteiger partial charge in [-0.15, -0.1) is 0 Å². The van der Waals surface area contributed by atoms with Gasteiger partial charge in [-0.3, -0.25) is 0 Å². The van der Waals surface area contributed by atoms with E-state index in [0.717, 1.165) is 0 Å². The first-order valence-electron chi connectivity index (χ1n) is 4.85. The number of halogens is 6. The van der Waals surface area contributed by atoms with Crippen molar-refractivity contribution in [2.24, 2.45) is 0 Å². The zero-order chi connectivity index (χ0) is 14.2. The smallest absolute Gasteiger partial charge is 0.0575 e. The molecule has 2 rings (SSSR count). The Morgan fingerprint density at radius 2 is 0.789 bits per heavy atom. The minimum Gasteiger partial charge on any atom is -0.0842 e. The van der Waals surface area contributed by atoms with E-state index in [4.69, 9.17) is 69.6 Å². The van der Waals surface area contributed by atoms with Crippen molar-refractivity contribution < 1.29 is 0 Å². The molecule has 0 radical (unpaired) electrons. The third kappa shape index (κ3) is 3.79. The third-order valence-electron chi connectivity index (χ3n) is 2.13. The van der Waals surface area contributed by atoms with E-state index in [-0.39, 0.29) is 0 Å². The van der Waals surface area contributed by atoms with Crippen LogP contribution in [0.3, 0.4) is 0 Å². The Bertz CT molecular complexity index is 539. The van der Waals surface area contributed by atoms with Gasteiger partial charge in [-0.25, -0.2) is 0 Å². The maximum atomic E-state index is 6.12. The van der Waals surface area contributed by atoms with Crippen molar-refractivity contribution in [1.29, 1.82) is 0 Å². The highest BCUT2D eigenvalue weighted by Gasteiger charge is 2.15. The first kappa shape index (κ1) is 15.9. The third-order valence-corrected chi connectivity index (χ3v) is 5.50. The van der Waals surface area contributed by atoms with E-state index >= 15 is 0 Å². The van der Waals surface area contributed by atoms with Crippen LogP contribution < -0.4 is 0 Å². The van der Waals surface area contributed by atoms with E-state index in [0.29, 0.717) is 39.9 Å². The topological polar surface area (TPSA) is 0 Å². The molecule has 0 unspecified atom stereocenters. The van der Waals surface area contributed by atoms with Crippen LogP contribution in [-0.4, -0.2) is 0 Å². The van der Waals surface area contributed by atoms with Gasteiger partial charge in [0.15, 0.2) is 0 Å². The fourth-order valence-electron chi connectivity index (χ4n) is 1.35. The zero-order valence-electron chi connectivity index (χ0n) is 8.99. The molecule has 0 aliphatic rings. The standard InChI is InChI=1S/C12H4Cl6S/c13-5-1-7(15)11(8(16)2-5)19-12-9(17)3-6(14)4-10(12)18/h1-4H. The van der Waals surface area contributed by atoms with E-state index in [2.05, 4.69) is 0 Å². The van der Waals surface area contributed by atoms with Gasteiger partial charge in [0.05, 0.1) is 20.1 Å². The summed E-state index contributed by atoms with van der Waals surface area (Å²) in [6, 6.07) is 6.42. The molecule has 100 valence electrons. The molecule has 0 atom stereocenters. The van der Waals surface area contributed by atoms with Crippen LogP contribution in [0.5, 0.6) is 0 Å². The molecule has 0 saturated carbocycles. The normalized spacial score (nSPS) is 10.8. The van der Waals surface area contributed by atoms with E-state index in [1.165, 1.54) is 11.8 Å². The van der Waals surface area contributed by atoms with Crippen molar-refractivity contribution in [2.45, 2.75) is 9.79 Å². The molecule has 7 heteroatoms. The highest BCUT2D eigenvalue weighted by atomic mass is 35.5. The fourth-order valence-corrected chi connectivity index (χ4v) is 4.28. The summed E-state index contributed by atoms with van der Waals surface area (Å²) in [6.45, 7) is 0. The molecule has 0 nitrogen and oxygen atoms in total. The van der Waals surface area contributed by atoms with Crippen LogP contribution >= 0.6 is 81.4 Å². The molecule has 19 heavy (non-hydrogen) atoms. The predicted molar refractivity (Wildman–Crippen MR) is 87.1 cm³/mol. The molecule has 0 heterocycles. The number of hydrogen-bond acceptors (Lipinski definition) is 1. The summed E-state index contributed by atoms with van der Waals surface area (Å²) < 4.78 is 0. The molecule has 2 aromatic carbocycles. The van der Waals surface area contributed by atoms with Crippen LogP contribution in [0.4, 0.5) is 0 Å². The van der Waals surface area contributed by atoms with Crippen LogP contribution in [0.1, 0.15) is 0 Å². The molecular formula is C12H4Cl6S. The summed E-state index contributed by atoms with van der Waals surface area (Å²) in [5.41, 5.74) is 0. The van der Waals surface area contributed by atoms with E-state index in [1.54, 1.807) is 24.3 Å². The average molecular weight is 393 g/mol. The zero-order valence-corrected chi connectivity index (χ0v) is 14.3. The van der Waals surface area contributed by atoms with Gasteiger partial charge < -0.3 is 0 Å². The Kier molecular flexibility index (Phi) is 5.47. The minimum atomic E-state index is 0.435. The SMILES string of the molecule is Clc1cc(Cl)c(Sc2c(Cl)cc(Cl)cc2Cl)c(Cl)c1. The van der Waals surface area contributed by atoms with Gasteiger partial charge in [0.2, 0.25) is 0 Å². The Morgan fingerprint density at radius 1 is 0.526 bits per heavy atom. The van der Waals surface area contributed by atoms with Crippen LogP contribution in [0.15, 0.2) is 34.1 Å². The molecule has 0 bridgehead atoms. The second kappa shape index (κ2) is 6.53. The average Bonchev–Trinajstić information content (AvgIpc) is 2.25. The second-order valence-electron chi connectivity index (χ2n) is 3.50. The Hall–Kier alpha value is 0.530. The lowest BCUT2D eigenvalue weighted by molar-refractivity contribution is 1.40. The van der Waals surface area contributed by atoms with E-state index in [9.17, 15) is 0 Å². The van der Waals surface area contributed by atoms with Gasteiger partial charge in [-0.1, -0.05) is 81.4 Å². The summed E-state index contributed by atoms with van der Waals surface area (Å²) in [7, 11) is 0. The largest absolute Gasteiger partial charge is 0.0842 e. The maximum absolute atomic E-state index is 6.12. The molecule has 0 saturated heterocycles. The summed E-state index contributed by atoms with van der Waals surface area (Å²) in [5, 5.41) is 2.67. The quantitative estimate of drug-likeness (QED) is 0.503. The number of hydrogen-bond donors (Lipinski definition) is 0. The Balaban J connectivity index is 2.48. The molecule has 0 spiro atoms. The molecule has 0 aliphatic heterocycles. The molecular weight excluding hydrogens is 389 g/mol. The molecule has 0 N–H and O–H groups in total. The molecule has 0 aromatic heterocycles. The van der Waals surface area contributed by atoms with Gasteiger partial charge in [-0.05, 0) is 24.3 Å². The highest BCUT2D eigenvalue weighted by Crippen LogP contribution is 2.45. The van der Waals surface area contributed by atoms with Crippen molar-refractivity contribution in [3.05, 3.63) is 54.4 Å². The number of rotatable bonds is 2. The summed E-state index contributed by atoms with van der Waals surface area (Å²) in [5.74, 6) is 0. The van der Waals surface area contributed by atoms with Crippen molar-refractivity contribution in [3.63, 3.8) is 0 Å². The second-order valence-corrected chi connectivity index (χ2v) is 7.02. The van der Waals surface area contributed by atoms with E-state index in [1.807, 2.05) is 0 Å². The van der Waals surface area contributed by atoms with Gasteiger partial charge in [0, 0.05) is 19.8 Å². The first-order chi connectivity index (χ1) is 8.88. The summed E-state index contributed by atoms with van der Waals surface area (Å²) in [6.07, 6.45) is 0. The van der Waals surface area contributed by atoms with Crippen LogP contribution in [0, 0.1) is 0 Å². The van der Waals surface area contributed by atoms with Crippen molar-refractivity contribution in [1.82, 2.24) is 0 Å². The van der Waals surface area contributed by atoms with Gasteiger partial charge in [0.1, 0.15) is 0 Å². The monoisotopic (exact) mass is 390 g/mol. The van der Waals surface area contributed by atoms with Crippen LogP contribution in [0.25, 0.3) is 0 Å². The van der Waals surface area contributed by atoms with Crippen LogP contribution in [0.2, 0.25) is 30.1 Å². The highest BCUT2D eigenvalue weighted by molar-refractivity contribution is 7.99. The van der Waals surface area contributed by atoms with Gasteiger partial charge in [-0.2, -0.15) is 0 Å². The molecule has 2 aromatic rings. The van der Waals surface area contributed by atoms with Crippen molar-refractivity contribution in [3.8, 4) is 0 Å². The lowest BCUT2D eigenvalue weighted by atomic mass is 10.3. The van der Waals surface area contributed by atoms with Crippen molar-refractivity contribution in [2.75, 3.05) is 0 Å². The minimum absolute atomic E-state index is 0.435. The lowest BCUT2D eigenvalue weighted by Gasteiger charge is -2.10. The first-order valence-corrected chi connectivity index (χ1v) is 7.94. The van der Waals surface area contributed by atoms with Crippen molar-refractivity contribution >= 4 is 81.4 Å². The Morgan fingerprint density at radius 3 is 1.05 bits per heavy atom. The van der Waals surface area contributed by atoms with Crippen LogP contribution in [-0.2, 0) is 0 Å². The fraction of sp³-hybridized carbons (Fsp3) is 0. The molecule has 0 fully saturated rings. The Labute approximate surface area is 144 Å².